The van der Waals surface area contributed by atoms with E-state index in [-0.39, 0.29) is 35.0 Å². The lowest BCUT2D eigenvalue weighted by Crippen LogP contribution is -2.26. The van der Waals surface area contributed by atoms with Gasteiger partial charge in [0.1, 0.15) is 23.2 Å². The minimum atomic E-state index is -4.81. The minimum Gasteiger partial charge on any atom is -0.463 e. The molecular weight excluding hydrogens is 356 g/mol. The maximum absolute atomic E-state index is 13.8. The van der Waals surface area contributed by atoms with Gasteiger partial charge in [-0.25, -0.2) is 9.18 Å². The summed E-state index contributed by atoms with van der Waals surface area (Å²) in [6.07, 6.45) is -4.81. The highest BCUT2D eigenvalue weighted by molar-refractivity contribution is 5.92. The summed E-state index contributed by atoms with van der Waals surface area (Å²) in [5.74, 6) is -3.82. The Labute approximate surface area is 146 Å². The number of ether oxygens (including phenoxy) is 2. The highest BCUT2D eigenvalue weighted by Crippen LogP contribution is 2.41. The Morgan fingerprint density at radius 1 is 1.38 bits per heavy atom. The molecule has 2 rings (SSSR count). The standard InChI is InChI=1S/C17H14F4N2O3/c1-3-25-16(24)13-8(2)26-15(23)12(7-22)14(13)9-4-10(17(19,20)21)6-11(18)5-9/h4-6,14H,3,23H2,1-2H3. The monoisotopic (exact) mass is 370 g/mol. The lowest BCUT2D eigenvalue weighted by Gasteiger charge is -2.27. The van der Waals surface area contributed by atoms with Crippen LogP contribution in [-0.4, -0.2) is 12.6 Å². The van der Waals surface area contributed by atoms with Crippen molar-refractivity contribution in [1.82, 2.24) is 0 Å². The van der Waals surface area contributed by atoms with Crippen LogP contribution in [0.15, 0.2) is 41.0 Å². The van der Waals surface area contributed by atoms with Crippen LogP contribution >= 0.6 is 0 Å². The van der Waals surface area contributed by atoms with Crippen molar-refractivity contribution in [3.8, 4) is 6.07 Å². The highest BCUT2D eigenvalue weighted by Gasteiger charge is 2.38. The van der Waals surface area contributed by atoms with Crippen LogP contribution in [0.25, 0.3) is 0 Å². The number of halogens is 4. The molecule has 0 amide bonds. The van der Waals surface area contributed by atoms with Gasteiger partial charge in [0.2, 0.25) is 5.88 Å². The van der Waals surface area contributed by atoms with Crippen molar-refractivity contribution in [3.05, 3.63) is 57.9 Å². The number of rotatable bonds is 3. The molecular formula is C17H14F4N2O3. The van der Waals surface area contributed by atoms with E-state index < -0.39 is 29.4 Å². The van der Waals surface area contributed by atoms with Crippen LogP contribution in [0, 0.1) is 17.1 Å². The molecule has 26 heavy (non-hydrogen) atoms. The molecule has 9 heteroatoms. The second-order valence-corrected chi connectivity index (χ2v) is 5.39. The third-order valence-electron chi connectivity index (χ3n) is 3.68. The molecule has 1 aromatic rings. The van der Waals surface area contributed by atoms with Gasteiger partial charge >= 0.3 is 12.1 Å². The average molecular weight is 370 g/mol. The number of carbonyl (C=O) groups excluding carboxylic acids is 1. The number of nitrogens with two attached hydrogens (primary N) is 1. The molecule has 138 valence electrons. The van der Waals surface area contributed by atoms with Crippen LogP contribution < -0.4 is 5.73 Å². The number of hydrogen-bond donors (Lipinski definition) is 1. The molecule has 0 fully saturated rings. The quantitative estimate of drug-likeness (QED) is 0.650. The Hall–Kier alpha value is -3.02. The van der Waals surface area contributed by atoms with Crippen molar-refractivity contribution < 1.29 is 31.8 Å². The molecule has 0 bridgehead atoms. The molecule has 1 heterocycles. The van der Waals surface area contributed by atoms with Gasteiger partial charge in [-0.15, -0.1) is 0 Å². The molecule has 0 aliphatic carbocycles. The zero-order valence-corrected chi connectivity index (χ0v) is 13.8. The van der Waals surface area contributed by atoms with E-state index in [0.29, 0.717) is 12.1 Å². The summed E-state index contributed by atoms with van der Waals surface area (Å²) in [6.45, 7) is 2.87. The van der Waals surface area contributed by atoms with Gasteiger partial charge < -0.3 is 15.2 Å². The largest absolute Gasteiger partial charge is 0.463 e. The second kappa shape index (κ2) is 7.07. The minimum absolute atomic E-state index is 0.0135. The Balaban J connectivity index is 2.72. The Morgan fingerprint density at radius 3 is 2.58 bits per heavy atom. The summed E-state index contributed by atoms with van der Waals surface area (Å²) in [7, 11) is 0. The van der Waals surface area contributed by atoms with Crippen LogP contribution in [0.1, 0.15) is 30.9 Å². The second-order valence-electron chi connectivity index (χ2n) is 5.39. The summed E-state index contributed by atoms with van der Waals surface area (Å²) in [5.41, 5.74) is 3.60. The molecule has 0 radical (unpaired) electrons. The van der Waals surface area contributed by atoms with Gasteiger partial charge in [0.05, 0.1) is 23.7 Å². The highest BCUT2D eigenvalue weighted by atomic mass is 19.4. The Morgan fingerprint density at radius 2 is 2.04 bits per heavy atom. The number of nitrogens with zero attached hydrogens (tertiary/aromatic N) is 1. The summed E-state index contributed by atoms with van der Waals surface area (Å²) in [6, 6.07) is 3.50. The van der Waals surface area contributed by atoms with Crippen molar-refractivity contribution >= 4 is 5.97 Å². The summed E-state index contributed by atoms with van der Waals surface area (Å²) < 4.78 is 62.9. The first-order valence-electron chi connectivity index (χ1n) is 7.43. The molecule has 5 nitrogen and oxygen atoms in total. The summed E-state index contributed by atoms with van der Waals surface area (Å²) >= 11 is 0. The third-order valence-corrected chi connectivity index (χ3v) is 3.68. The van der Waals surface area contributed by atoms with E-state index in [1.165, 1.54) is 13.8 Å². The van der Waals surface area contributed by atoms with Gasteiger partial charge in [-0.05, 0) is 37.6 Å². The van der Waals surface area contributed by atoms with E-state index in [2.05, 4.69) is 0 Å². The van der Waals surface area contributed by atoms with E-state index in [0.717, 1.165) is 6.07 Å². The molecule has 0 spiro atoms. The number of carbonyl (C=O) groups is 1. The first-order chi connectivity index (χ1) is 12.1. The number of esters is 1. The molecule has 0 saturated carbocycles. The zero-order chi connectivity index (χ0) is 19.6. The van der Waals surface area contributed by atoms with Gasteiger partial charge in [-0.2, -0.15) is 18.4 Å². The summed E-state index contributed by atoms with van der Waals surface area (Å²) in [5, 5.41) is 9.35. The first-order valence-corrected chi connectivity index (χ1v) is 7.43. The molecule has 1 atom stereocenters. The molecule has 0 aromatic heterocycles. The molecule has 1 aromatic carbocycles. The smallest absolute Gasteiger partial charge is 0.416 e. The van der Waals surface area contributed by atoms with E-state index in [9.17, 15) is 27.6 Å². The van der Waals surface area contributed by atoms with Crippen molar-refractivity contribution in [2.45, 2.75) is 25.9 Å². The fourth-order valence-corrected chi connectivity index (χ4v) is 2.63. The van der Waals surface area contributed by atoms with Crippen LogP contribution in [0.4, 0.5) is 17.6 Å². The van der Waals surface area contributed by atoms with Gasteiger partial charge in [-0.3, -0.25) is 0 Å². The predicted octanol–water partition coefficient (Wildman–Crippen LogP) is 3.49. The van der Waals surface area contributed by atoms with E-state index in [1.54, 1.807) is 6.07 Å². The fourth-order valence-electron chi connectivity index (χ4n) is 2.63. The average Bonchev–Trinajstić information content (AvgIpc) is 2.52. The maximum Gasteiger partial charge on any atom is 0.416 e. The zero-order valence-electron chi connectivity index (χ0n) is 13.8. The maximum atomic E-state index is 13.8. The number of benzene rings is 1. The number of nitriles is 1. The van der Waals surface area contributed by atoms with Crippen molar-refractivity contribution in [2.75, 3.05) is 6.61 Å². The topological polar surface area (TPSA) is 85.3 Å². The van der Waals surface area contributed by atoms with E-state index in [4.69, 9.17) is 15.2 Å². The fraction of sp³-hybridized carbons (Fsp3) is 0.294. The van der Waals surface area contributed by atoms with E-state index in [1.807, 2.05) is 0 Å². The molecule has 2 N–H and O–H groups in total. The summed E-state index contributed by atoms with van der Waals surface area (Å²) in [4.78, 5) is 12.3. The van der Waals surface area contributed by atoms with E-state index >= 15 is 0 Å². The van der Waals surface area contributed by atoms with Crippen LogP contribution in [0.3, 0.4) is 0 Å². The van der Waals surface area contributed by atoms with Crippen LogP contribution in [0.2, 0.25) is 0 Å². The Kier molecular flexibility index (Phi) is 5.25. The van der Waals surface area contributed by atoms with Crippen LogP contribution in [0.5, 0.6) is 0 Å². The lowest BCUT2D eigenvalue weighted by molar-refractivity contribution is -0.139. The number of alkyl halides is 3. The lowest BCUT2D eigenvalue weighted by atomic mass is 9.82. The van der Waals surface area contributed by atoms with Crippen molar-refractivity contribution in [1.29, 1.82) is 5.26 Å². The van der Waals surface area contributed by atoms with Gasteiger partial charge in [0.25, 0.3) is 0 Å². The van der Waals surface area contributed by atoms with Gasteiger partial charge in [0, 0.05) is 0 Å². The predicted molar refractivity (Wildman–Crippen MR) is 81.4 cm³/mol. The number of allylic oxidation sites excluding steroid dienone is 2. The number of hydrogen-bond acceptors (Lipinski definition) is 5. The Bertz CT molecular complexity index is 851. The van der Waals surface area contributed by atoms with Gasteiger partial charge in [0.15, 0.2) is 0 Å². The molecule has 1 aliphatic rings. The SMILES string of the molecule is CCOC(=O)C1=C(C)OC(N)=C(C#N)C1c1cc(F)cc(C(F)(F)F)c1. The van der Waals surface area contributed by atoms with Crippen molar-refractivity contribution in [2.24, 2.45) is 5.73 Å². The van der Waals surface area contributed by atoms with Crippen molar-refractivity contribution in [3.63, 3.8) is 0 Å². The molecule has 0 saturated heterocycles. The molecule has 1 unspecified atom stereocenters. The normalized spacial score (nSPS) is 17.7. The first kappa shape index (κ1) is 19.3. The third kappa shape index (κ3) is 3.64. The van der Waals surface area contributed by atoms with Crippen LogP contribution in [-0.2, 0) is 20.4 Å². The van der Waals surface area contributed by atoms with Gasteiger partial charge in [-0.1, -0.05) is 0 Å². The molecule has 1 aliphatic heterocycles.